The first kappa shape index (κ1) is 21.4. The summed E-state index contributed by atoms with van der Waals surface area (Å²) in [5.41, 5.74) is 1.21. The number of hydrogen-bond donors (Lipinski definition) is 2. The molecule has 3 rings (SSSR count). The second kappa shape index (κ2) is 9.47. The van der Waals surface area contributed by atoms with Crippen molar-refractivity contribution in [2.75, 3.05) is 24.9 Å². The molecule has 154 valence electrons. The van der Waals surface area contributed by atoms with Crippen LogP contribution in [0.1, 0.15) is 20.8 Å². The van der Waals surface area contributed by atoms with Crippen molar-refractivity contribution >= 4 is 46.4 Å². The van der Waals surface area contributed by atoms with E-state index in [1.165, 1.54) is 32.5 Å². The van der Waals surface area contributed by atoms with E-state index in [1.807, 2.05) is 0 Å². The zero-order chi connectivity index (χ0) is 21.7. The molecule has 9 heteroatoms. The Bertz CT molecular complexity index is 1000. The zero-order valence-electron chi connectivity index (χ0n) is 16.0. The summed E-state index contributed by atoms with van der Waals surface area (Å²) in [7, 11) is 2.97. The highest BCUT2D eigenvalue weighted by Crippen LogP contribution is 2.29. The number of carbonyl (C=O) groups is 2. The standard InChI is InChI=1S/C21H17Cl2N3O4/c1-29-18-7-4-13(22)9-16(18)25-20(27)12-3-6-15(24-11-12)21(28)26-17-10-14(23)5-8-19(17)30-2/h3-11H,1-2H3,(H,25,27)(H,26,28). The quantitative estimate of drug-likeness (QED) is 0.562. The fraction of sp³-hybridized carbons (Fsp3) is 0.0952. The van der Waals surface area contributed by atoms with Gasteiger partial charge >= 0.3 is 0 Å². The Morgan fingerprint density at radius 1 is 0.800 bits per heavy atom. The summed E-state index contributed by atoms with van der Waals surface area (Å²) in [5, 5.41) is 6.29. The van der Waals surface area contributed by atoms with E-state index in [9.17, 15) is 9.59 Å². The number of halogens is 2. The van der Waals surface area contributed by atoms with Crippen molar-refractivity contribution in [2.24, 2.45) is 0 Å². The predicted octanol–water partition coefficient (Wildman–Crippen LogP) is 4.91. The van der Waals surface area contributed by atoms with Gasteiger partial charge in [-0.3, -0.25) is 14.6 Å². The number of aromatic nitrogens is 1. The molecule has 2 N–H and O–H groups in total. The van der Waals surface area contributed by atoms with Crippen molar-refractivity contribution in [3.8, 4) is 11.5 Å². The van der Waals surface area contributed by atoms with E-state index < -0.39 is 11.8 Å². The third-order valence-electron chi connectivity index (χ3n) is 4.08. The molecule has 3 aromatic rings. The van der Waals surface area contributed by atoms with E-state index in [2.05, 4.69) is 15.6 Å². The van der Waals surface area contributed by atoms with Gasteiger partial charge in [0.25, 0.3) is 11.8 Å². The van der Waals surface area contributed by atoms with Gasteiger partial charge in [-0.1, -0.05) is 23.2 Å². The minimum Gasteiger partial charge on any atom is -0.495 e. The van der Waals surface area contributed by atoms with Crippen LogP contribution in [0, 0.1) is 0 Å². The molecule has 0 aliphatic carbocycles. The van der Waals surface area contributed by atoms with E-state index in [1.54, 1.807) is 36.4 Å². The minimum atomic E-state index is -0.473. The van der Waals surface area contributed by atoms with Crippen molar-refractivity contribution < 1.29 is 19.1 Å². The number of anilines is 2. The molecule has 2 aromatic carbocycles. The molecule has 7 nitrogen and oxygen atoms in total. The topological polar surface area (TPSA) is 89.5 Å². The number of rotatable bonds is 6. The lowest BCUT2D eigenvalue weighted by atomic mass is 10.2. The lowest BCUT2D eigenvalue weighted by molar-refractivity contribution is 0.101. The van der Waals surface area contributed by atoms with Crippen molar-refractivity contribution in [3.63, 3.8) is 0 Å². The molecule has 0 spiro atoms. The van der Waals surface area contributed by atoms with Gasteiger partial charge < -0.3 is 20.1 Å². The van der Waals surface area contributed by atoms with E-state index in [0.717, 1.165) is 0 Å². The van der Waals surface area contributed by atoms with Gasteiger partial charge in [0.1, 0.15) is 17.2 Å². The van der Waals surface area contributed by atoms with Crippen LogP contribution in [0.25, 0.3) is 0 Å². The maximum atomic E-state index is 12.5. The van der Waals surface area contributed by atoms with Gasteiger partial charge in [-0.15, -0.1) is 0 Å². The van der Waals surface area contributed by atoms with Gasteiger partial charge in [0, 0.05) is 16.2 Å². The molecule has 30 heavy (non-hydrogen) atoms. The summed E-state index contributed by atoms with van der Waals surface area (Å²) in [6.45, 7) is 0. The smallest absolute Gasteiger partial charge is 0.274 e. The van der Waals surface area contributed by atoms with E-state index in [4.69, 9.17) is 32.7 Å². The minimum absolute atomic E-state index is 0.119. The van der Waals surface area contributed by atoms with Crippen LogP contribution >= 0.6 is 23.2 Å². The SMILES string of the molecule is COc1ccc(Cl)cc1NC(=O)c1ccc(C(=O)Nc2cc(Cl)ccc2OC)nc1. The van der Waals surface area contributed by atoms with Gasteiger partial charge in [-0.25, -0.2) is 0 Å². The Morgan fingerprint density at radius 2 is 1.33 bits per heavy atom. The number of benzene rings is 2. The molecular weight excluding hydrogens is 429 g/mol. The lowest BCUT2D eigenvalue weighted by Gasteiger charge is -2.11. The molecule has 0 saturated carbocycles. The Kier molecular flexibility index (Phi) is 6.76. The Balaban J connectivity index is 1.73. The number of nitrogens with zero attached hydrogens (tertiary/aromatic N) is 1. The van der Waals surface area contributed by atoms with Crippen LogP contribution < -0.4 is 20.1 Å². The summed E-state index contributed by atoms with van der Waals surface area (Å²) < 4.78 is 10.4. The molecule has 2 amide bonds. The second-order valence-electron chi connectivity index (χ2n) is 6.03. The number of methoxy groups -OCH3 is 2. The Hall–Kier alpha value is -3.29. The number of nitrogens with one attached hydrogen (secondary N) is 2. The summed E-state index contributed by atoms with van der Waals surface area (Å²) in [6, 6.07) is 12.7. The van der Waals surface area contributed by atoms with Crippen molar-refractivity contribution in [1.82, 2.24) is 4.98 Å². The van der Waals surface area contributed by atoms with Crippen LogP contribution in [0.3, 0.4) is 0 Å². The van der Waals surface area contributed by atoms with Gasteiger partial charge in [0.05, 0.1) is 31.2 Å². The average Bonchev–Trinajstić information content (AvgIpc) is 2.74. The fourth-order valence-corrected chi connectivity index (χ4v) is 2.94. The lowest BCUT2D eigenvalue weighted by Crippen LogP contribution is -2.16. The van der Waals surface area contributed by atoms with Crippen LogP contribution in [0.5, 0.6) is 11.5 Å². The van der Waals surface area contributed by atoms with Crippen molar-refractivity contribution in [2.45, 2.75) is 0 Å². The maximum absolute atomic E-state index is 12.5. The van der Waals surface area contributed by atoms with Crippen molar-refractivity contribution in [3.05, 3.63) is 76.0 Å². The van der Waals surface area contributed by atoms with Gasteiger partial charge in [-0.05, 0) is 48.5 Å². The van der Waals surface area contributed by atoms with Gasteiger partial charge in [-0.2, -0.15) is 0 Å². The third-order valence-corrected chi connectivity index (χ3v) is 4.55. The maximum Gasteiger partial charge on any atom is 0.274 e. The summed E-state index contributed by atoms with van der Waals surface area (Å²) in [5.74, 6) is 0.0250. The van der Waals surface area contributed by atoms with E-state index in [0.29, 0.717) is 32.9 Å². The number of ether oxygens (including phenoxy) is 2. The number of pyridine rings is 1. The molecule has 0 fully saturated rings. The highest BCUT2D eigenvalue weighted by atomic mass is 35.5. The molecule has 0 unspecified atom stereocenters. The van der Waals surface area contributed by atoms with Gasteiger partial charge in [0.15, 0.2) is 0 Å². The fourth-order valence-electron chi connectivity index (χ4n) is 2.60. The number of hydrogen-bond acceptors (Lipinski definition) is 5. The summed E-state index contributed by atoms with van der Waals surface area (Å²) in [6.07, 6.45) is 1.30. The molecule has 1 heterocycles. The van der Waals surface area contributed by atoms with Crippen LogP contribution in [-0.4, -0.2) is 31.0 Å². The molecule has 0 aliphatic heterocycles. The highest BCUT2D eigenvalue weighted by Gasteiger charge is 2.14. The molecule has 0 atom stereocenters. The molecular formula is C21H17Cl2N3O4. The average molecular weight is 446 g/mol. The second-order valence-corrected chi connectivity index (χ2v) is 6.90. The first-order chi connectivity index (χ1) is 14.4. The number of amides is 2. The number of carbonyl (C=O) groups excluding carboxylic acids is 2. The van der Waals surface area contributed by atoms with E-state index >= 15 is 0 Å². The predicted molar refractivity (Wildman–Crippen MR) is 116 cm³/mol. The molecule has 0 aliphatic rings. The molecule has 1 aromatic heterocycles. The monoisotopic (exact) mass is 445 g/mol. The third kappa shape index (κ3) is 5.00. The highest BCUT2D eigenvalue weighted by molar-refractivity contribution is 6.31. The van der Waals surface area contributed by atoms with Crippen molar-refractivity contribution in [1.29, 1.82) is 0 Å². The Labute approximate surface area is 182 Å². The molecule has 0 saturated heterocycles. The van der Waals surface area contributed by atoms with Crippen LogP contribution in [-0.2, 0) is 0 Å². The van der Waals surface area contributed by atoms with Crippen LogP contribution in [0.15, 0.2) is 54.7 Å². The largest absolute Gasteiger partial charge is 0.495 e. The van der Waals surface area contributed by atoms with Gasteiger partial charge in [0.2, 0.25) is 0 Å². The summed E-state index contributed by atoms with van der Waals surface area (Å²) in [4.78, 5) is 29.1. The zero-order valence-corrected chi connectivity index (χ0v) is 17.5. The first-order valence-electron chi connectivity index (χ1n) is 8.67. The van der Waals surface area contributed by atoms with E-state index in [-0.39, 0.29) is 11.3 Å². The molecule has 0 bridgehead atoms. The summed E-state index contributed by atoms with van der Waals surface area (Å²) >= 11 is 11.9. The van der Waals surface area contributed by atoms with Crippen LogP contribution in [0.2, 0.25) is 10.0 Å². The normalized spacial score (nSPS) is 10.3. The Morgan fingerprint density at radius 3 is 1.80 bits per heavy atom. The first-order valence-corrected chi connectivity index (χ1v) is 9.42. The molecule has 0 radical (unpaired) electrons. The van der Waals surface area contributed by atoms with Crippen LogP contribution in [0.4, 0.5) is 11.4 Å².